The Labute approximate surface area is 189 Å². The van der Waals surface area contributed by atoms with Crippen LogP contribution in [-0.4, -0.2) is 27.8 Å². The SMILES string of the molecule is Cc1cc(C)n(C(n2nc(C)cc2C)[Si](C)(C)Nc2c(C(C)C)cccc2C(C)C)n1. The molecule has 5 nitrogen and oxygen atoms in total. The fraction of sp³-hybridized carbons (Fsp3) is 0.520. The van der Waals surface area contributed by atoms with Gasteiger partial charge in [-0.15, -0.1) is 0 Å². The lowest BCUT2D eigenvalue weighted by Gasteiger charge is -2.37. The highest BCUT2D eigenvalue weighted by Gasteiger charge is 2.39. The fourth-order valence-electron chi connectivity index (χ4n) is 4.58. The van der Waals surface area contributed by atoms with Crippen molar-refractivity contribution in [3.05, 3.63) is 64.2 Å². The summed E-state index contributed by atoms with van der Waals surface area (Å²) in [4.78, 5) is 4.11. The molecule has 2 heterocycles. The highest BCUT2D eigenvalue weighted by Crippen LogP contribution is 2.36. The van der Waals surface area contributed by atoms with Crippen LogP contribution in [0.4, 0.5) is 5.69 Å². The number of aryl methyl sites for hydroxylation is 4. The molecular weight excluding hydrogens is 398 g/mol. The molecule has 0 aliphatic heterocycles. The lowest BCUT2D eigenvalue weighted by atomic mass is 9.93. The van der Waals surface area contributed by atoms with E-state index in [1.165, 1.54) is 28.2 Å². The molecule has 0 bridgehead atoms. The summed E-state index contributed by atoms with van der Waals surface area (Å²) >= 11 is 0. The lowest BCUT2D eigenvalue weighted by Crippen LogP contribution is -2.51. The highest BCUT2D eigenvalue weighted by molar-refractivity contribution is 6.81. The molecule has 0 aliphatic carbocycles. The first kappa shape index (κ1) is 23.3. The average Bonchev–Trinajstić information content (AvgIpc) is 3.14. The zero-order valence-electron chi connectivity index (χ0n) is 20.9. The molecule has 168 valence electrons. The van der Waals surface area contributed by atoms with Crippen LogP contribution in [0, 0.1) is 27.7 Å². The molecule has 1 aromatic carbocycles. The lowest BCUT2D eigenvalue weighted by molar-refractivity contribution is 0.439. The first-order chi connectivity index (χ1) is 14.4. The van der Waals surface area contributed by atoms with Gasteiger partial charge in [-0.3, -0.25) is 0 Å². The summed E-state index contributed by atoms with van der Waals surface area (Å²) in [5, 5.41) is 9.82. The van der Waals surface area contributed by atoms with Gasteiger partial charge in [0, 0.05) is 17.1 Å². The van der Waals surface area contributed by atoms with Crippen LogP contribution < -0.4 is 4.98 Å². The quantitative estimate of drug-likeness (QED) is 0.431. The average molecular weight is 438 g/mol. The van der Waals surface area contributed by atoms with Crippen LogP contribution in [0.3, 0.4) is 0 Å². The molecule has 0 spiro atoms. The summed E-state index contributed by atoms with van der Waals surface area (Å²) in [6, 6.07) is 11.1. The Morgan fingerprint density at radius 3 is 1.52 bits per heavy atom. The molecule has 0 fully saturated rings. The largest absolute Gasteiger partial charge is 0.407 e. The summed E-state index contributed by atoms with van der Waals surface area (Å²) in [5.74, 6) is 0.925. The molecule has 0 saturated carbocycles. The molecule has 0 atom stereocenters. The Balaban J connectivity index is 2.19. The van der Waals surface area contributed by atoms with Gasteiger partial charge in [-0.25, -0.2) is 9.36 Å². The Morgan fingerprint density at radius 2 is 1.19 bits per heavy atom. The van der Waals surface area contributed by atoms with Crippen molar-refractivity contribution in [3.8, 4) is 0 Å². The normalized spacial score (nSPS) is 12.4. The van der Waals surface area contributed by atoms with Gasteiger partial charge < -0.3 is 4.98 Å². The smallest absolute Gasteiger partial charge is 0.199 e. The number of hydrogen-bond donors (Lipinski definition) is 1. The zero-order valence-corrected chi connectivity index (χ0v) is 21.9. The number of aromatic nitrogens is 4. The van der Waals surface area contributed by atoms with E-state index in [0.29, 0.717) is 11.8 Å². The second-order valence-corrected chi connectivity index (χ2v) is 14.3. The van der Waals surface area contributed by atoms with Crippen LogP contribution in [0.25, 0.3) is 0 Å². The standard InChI is InChI=1S/C25H39N5Si/c1-16(2)22-12-11-13-23(17(3)4)24(22)28-31(9,10)25(29-20(7)14-18(5)26-29)30-21(8)15-19(6)27-30/h11-17,25,28H,1-10H3. The van der Waals surface area contributed by atoms with Crippen molar-refractivity contribution in [1.29, 1.82) is 0 Å². The third-order valence-electron chi connectivity index (χ3n) is 6.02. The van der Waals surface area contributed by atoms with E-state index >= 15 is 0 Å². The Kier molecular flexibility index (Phi) is 6.51. The third kappa shape index (κ3) is 4.64. The number of rotatable bonds is 7. The van der Waals surface area contributed by atoms with Crippen LogP contribution in [0.5, 0.6) is 0 Å². The van der Waals surface area contributed by atoms with Gasteiger partial charge in [-0.05, 0) is 75.9 Å². The Morgan fingerprint density at radius 1 is 0.774 bits per heavy atom. The summed E-state index contributed by atoms with van der Waals surface area (Å²) in [7, 11) is -2.19. The molecule has 6 heteroatoms. The van der Waals surface area contributed by atoms with E-state index in [2.05, 4.69) is 113 Å². The van der Waals surface area contributed by atoms with E-state index in [0.717, 1.165) is 11.4 Å². The van der Waals surface area contributed by atoms with Crippen LogP contribution >= 0.6 is 0 Å². The molecule has 31 heavy (non-hydrogen) atoms. The van der Waals surface area contributed by atoms with Crippen molar-refractivity contribution in [2.75, 3.05) is 4.98 Å². The van der Waals surface area contributed by atoms with E-state index in [1.54, 1.807) is 0 Å². The van der Waals surface area contributed by atoms with E-state index < -0.39 is 8.24 Å². The fourth-order valence-corrected chi connectivity index (χ4v) is 7.39. The van der Waals surface area contributed by atoms with Gasteiger partial charge in [0.25, 0.3) is 0 Å². The van der Waals surface area contributed by atoms with Crippen molar-refractivity contribution in [2.24, 2.45) is 0 Å². The summed E-state index contributed by atoms with van der Waals surface area (Å²) in [6.07, 6.45) is 0. The zero-order chi connectivity index (χ0) is 23.1. The van der Waals surface area contributed by atoms with Crippen molar-refractivity contribution < 1.29 is 0 Å². The molecule has 0 unspecified atom stereocenters. The van der Waals surface area contributed by atoms with Gasteiger partial charge >= 0.3 is 0 Å². The van der Waals surface area contributed by atoms with Crippen LogP contribution in [-0.2, 0) is 0 Å². The predicted octanol–water partition coefficient (Wildman–Crippen LogP) is 6.46. The number of nitrogens with one attached hydrogen (secondary N) is 1. The van der Waals surface area contributed by atoms with Crippen molar-refractivity contribution >= 4 is 13.9 Å². The van der Waals surface area contributed by atoms with Crippen LogP contribution in [0.1, 0.15) is 79.2 Å². The minimum atomic E-state index is -2.19. The summed E-state index contributed by atoms with van der Waals surface area (Å²) in [6.45, 7) is 22.3. The molecule has 1 N–H and O–H groups in total. The third-order valence-corrected chi connectivity index (χ3v) is 8.69. The number of hydrogen-bond acceptors (Lipinski definition) is 3. The highest BCUT2D eigenvalue weighted by atomic mass is 28.3. The van der Waals surface area contributed by atoms with Gasteiger partial charge in [0.1, 0.15) is 0 Å². The molecule has 0 amide bonds. The van der Waals surface area contributed by atoms with E-state index in [4.69, 9.17) is 10.2 Å². The Bertz CT molecular complexity index is 986. The molecule has 0 aliphatic rings. The molecule has 3 aromatic rings. The van der Waals surface area contributed by atoms with Gasteiger partial charge in [0.2, 0.25) is 0 Å². The van der Waals surface area contributed by atoms with Gasteiger partial charge in [0.05, 0.1) is 11.4 Å². The Hall–Kier alpha value is -2.34. The first-order valence-electron chi connectivity index (χ1n) is 11.4. The molecule has 0 radical (unpaired) electrons. The maximum absolute atomic E-state index is 4.91. The van der Waals surface area contributed by atoms with Crippen molar-refractivity contribution in [1.82, 2.24) is 19.6 Å². The molecule has 0 saturated heterocycles. The molecular formula is C25H39N5Si. The van der Waals surface area contributed by atoms with Gasteiger partial charge in [-0.1, -0.05) is 45.9 Å². The maximum Gasteiger partial charge on any atom is 0.199 e. The number of anilines is 1. The van der Waals surface area contributed by atoms with E-state index in [-0.39, 0.29) is 5.79 Å². The predicted molar refractivity (Wildman–Crippen MR) is 134 cm³/mol. The summed E-state index contributed by atoms with van der Waals surface area (Å²) in [5.41, 5.74) is 8.48. The van der Waals surface area contributed by atoms with E-state index in [9.17, 15) is 0 Å². The number of benzene rings is 1. The number of para-hydroxylation sites is 1. The van der Waals surface area contributed by atoms with Crippen molar-refractivity contribution in [2.45, 2.75) is 86.1 Å². The molecule has 3 rings (SSSR count). The second-order valence-electron chi connectivity index (χ2n) is 10.1. The number of nitrogens with zero attached hydrogens (tertiary/aromatic N) is 4. The van der Waals surface area contributed by atoms with Crippen LogP contribution in [0.15, 0.2) is 30.3 Å². The van der Waals surface area contributed by atoms with Crippen LogP contribution in [0.2, 0.25) is 13.1 Å². The topological polar surface area (TPSA) is 47.7 Å². The molecule has 2 aromatic heterocycles. The van der Waals surface area contributed by atoms with Gasteiger partial charge in [-0.2, -0.15) is 10.2 Å². The monoisotopic (exact) mass is 437 g/mol. The van der Waals surface area contributed by atoms with E-state index in [1.807, 2.05) is 0 Å². The first-order valence-corrected chi connectivity index (χ1v) is 14.5. The van der Waals surface area contributed by atoms with Crippen molar-refractivity contribution in [3.63, 3.8) is 0 Å². The minimum absolute atomic E-state index is 0.0233. The second kappa shape index (κ2) is 8.65. The minimum Gasteiger partial charge on any atom is -0.407 e. The maximum atomic E-state index is 4.91. The summed E-state index contributed by atoms with van der Waals surface area (Å²) < 4.78 is 4.36. The van der Waals surface area contributed by atoms with Gasteiger partial charge in [0.15, 0.2) is 14.0 Å².